The lowest BCUT2D eigenvalue weighted by Crippen LogP contribution is -2.13. The fourth-order valence-electron chi connectivity index (χ4n) is 3.46. The number of hydrogen-bond donors (Lipinski definition) is 0. The van der Waals surface area contributed by atoms with Crippen molar-refractivity contribution in [2.45, 2.75) is 30.9 Å². The van der Waals surface area contributed by atoms with Gasteiger partial charge < -0.3 is 4.74 Å². The minimum absolute atomic E-state index is 0.178. The van der Waals surface area contributed by atoms with E-state index in [4.69, 9.17) is 16.3 Å². The Morgan fingerprint density at radius 3 is 2.41 bits per heavy atom. The fourth-order valence-corrected chi connectivity index (χ4v) is 4.77. The number of halogens is 2. The molecule has 1 heterocycles. The highest BCUT2D eigenvalue weighted by atomic mass is 35.5. The van der Waals surface area contributed by atoms with Crippen molar-refractivity contribution in [3.63, 3.8) is 0 Å². The summed E-state index contributed by atoms with van der Waals surface area (Å²) in [5.74, 6) is 0.314. The van der Waals surface area contributed by atoms with Gasteiger partial charge in [0.15, 0.2) is 9.84 Å². The number of aryl methyl sites for hydroxylation is 1. The Balaban J connectivity index is 1.78. The third-order valence-corrected chi connectivity index (χ3v) is 7.59. The van der Waals surface area contributed by atoms with E-state index < -0.39 is 20.9 Å². The molecule has 0 unspecified atom stereocenters. The molecular formula is C25H21ClFNO3S. The maximum Gasteiger partial charge on any atom is 0.180 e. The summed E-state index contributed by atoms with van der Waals surface area (Å²) in [6.45, 7) is 5.08. The van der Waals surface area contributed by atoms with E-state index in [1.54, 1.807) is 50.2 Å². The van der Waals surface area contributed by atoms with Gasteiger partial charge in [-0.2, -0.15) is 0 Å². The smallest absolute Gasteiger partial charge is 0.180 e. The van der Waals surface area contributed by atoms with E-state index in [0.29, 0.717) is 38.9 Å². The van der Waals surface area contributed by atoms with Gasteiger partial charge >= 0.3 is 0 Å². The van der Waals surface area contributed by atoms with Gasteiger partial charge in [0, 0.05) is 16.6 Å². The van der Waals surface area contributed by atoms with Crippen molar-refractivity contribution in [1.82, 2.24) is 4.98 Å². The molecule has 32 heavy (non-hydrogen) atoms. The van der Waals surface area contributed by atoms with E-state index in [9.17, 15) is 12.8 Å². The van der Waals surface area contributed by atoms with E-state index in [1.165, 1.54) is 24.3 Å². The number of pyridine rings is 1. The predicted molar refractivity (Wildman–Crippen MR) is 126 cm³/mol. The monoisotopic (exact) mass is 469 g/mol. The highest BCUT2D eigenvalue weighted by Gasteiger charge is 2.20. The number of aromatic nitrogens is 1. The zero-order chi connectivity index (χ0) is 23.0. The number of nitrogens with zero attached hydrogens (tertiary/aromatic N) is 1. The van der Waals surface area contributed by atoms with Crippen LogP contribution < -0.4 is 4.74 Å². The minimum Gasteiger partial charge on any atom is -0.457 e. The van der Waals surface area contributed by atoms with Crippen molar-refractivity contribution in [2.75, 3.05) is 0 Å². The second-order valence-electron chi connectivity index (χ2n) is 7.76. The van der Waals surface area contributed by atoms with E-state index in [1.807, 2.05) is 13.0 Å². The normalized spacial score (nSPS) is 11.8. The summed E-state index contributed by atoms with van der Waals surface area (Å²) in [6.07, 6.45) is 0. The van der Waals surface area contributed by atoms with Gasteiger partial charge in [-0.1, -0.05) is 29.8 Å². The second-order valence-corrected chi connectivity index (χ2v) is 10.7. The quantitative estimate of drug-likeness (QED) is 0.316. The third kappa shape index (κ3) is 4.20. The summed E-state index contributed by atoms with van der Waals surface area (Å²) >= 11 is 6.31. The standard InChI is InChI=1S/C25H21ClFNO3S/c1-15(2)32(29,30)19-7-4-6-17(13-19)31-18-10-11-24(27)22(14-18)21-12-16(3)28-25-20(21)8-5-9-23(25)26/h4-15H,1-3H3. The molecule has 164 valence electrons. The molecule has 0 N–H and O–H groups in total. The summed E-state index contributed by atoms with van der Waals surface area (Å²) in [4.78, 5) is 4.66. The number of rotatable bonds is 5. The number of fused-ring (bicyclic) bond motifs is 1. The molecule has 0 spiro atoms. The summed E-state index contributed by atoms with van der Waals surface area (Å²) in [6, 6.07) is 17.9. The molecule has 4 aromatic rings. The first-order valence-corrected chi connectivity index (χ1v) is 12.0. The van der Waals surface area contributed by atoms with Crippen LogP contribution in [0.3, 0.4) is 0 Å². The Hall–Kier alpha value is -2.96. The molecule has 4 nitrogen and oxygen atoms in total. The molecule has 0 fully saturated rings. The lowest BCUT2D eigenvalue weighted by molar-refractivity contribution is 0.479. The van der Waals surface area contributed by atoms with Crippen molar-refractivity contribution >= 4 is 32.3 Å². The molecule has 0 aliphatic rings. The van der Waals surface area contributed by atoms with Gasteiger partial charge in [0.05, 0.1) is 20.7 Å². The van der Waals surface area contributed by atoms with E-state index in [0.717, 1.165) is 5.39 Å². The highest BCUT2D eigenvalue weighted by Crippen LogP contribution is 2.36. The van der Waals surface area contributed by atoms with Gasteiger partial charge in [-0.25, -0.2) is 12.8 Å². The zero-order valence-electron chi connectivity index (χ0n) is 17.8. The average Bonchev–Trinajstić information content (AvgIpc) is 2.75. The number of para-hydroxylation sites is 1. The molecule has 4 rings (SSSR count). The molecule has 0 aliphatic carbocycles. The minimum atomic E-state index is -3.44. The van der Waals surface area contributed by atoms with Crippen molar-refractivity contribution in [1.29, 1.82) is 0 Å². The van der Waals surface area contributed by atoms with Crippen LogP contribution in [0.15, 0.2) is 71.6 Å². The maximum atomic E-state index is 14.9. The van der Waals surface area contributed by atoms with Crippen LogP contribution in [-0.4, -0.2) is 18.7 Å². The zero-order valence-corrected chi connectivity index (χ0v) is 19.3. The first kappa shape index (κ1) is 22.2. The molecular weight excluding hydrogens is 449 g/mol. The lowest BCUT2D eigenvalue weighted by Gasteiger charge is -2.13. The van der Waals surface area contributed by atoms with Crippen molar-refractivity contribution in [2.24, 2.45) is 0 Å². The van der Waals surface area contributed by atoms with Crippen LogP contribution in [0.1, 0.15) is 19.5 Å². The van der Waals surface area contributed by atoms with Crippen LogP contribution in [0.4, 0.5) is 4.39 Å². The molecule has 1 aromatic heterocycles. The Morgan fingerprint density at radius 1 is 0.938 bits per heavy atom. The first-order chi connectivity index (χ1) is 15.2. The second kappa shape index (κ2) is 8.52. The van der Waals surface area contributed by atoms with Gasteiger partial charge in [-0.15, -0.1) is 0 Å². The van der Waals surface area contributed by atoms with E-state index in [2.05, 4.69) is 4.98 Å². The van der Waals surface area contributed by atoms with E-state index >= 15 is 0 Å². The largest absolute Gasteiger partial charge is 0.457 e. The van der Waals surface area contributed by atoms with Crippen LogP contribution in [-0.2, 0) is 9.84 Å². The maximum absolute atomic E-state index is 14.9. The molecule has 3 aromatic carbocycles. The molecule has 7 heteroatoms. The summed E-state index contributed by atoms with van der Waals surface area (Å²) in [7, 11) is -3.44. The predicted octanol–water partition coefficient (Wildman–Crippen LogP) is 6.98. The number of hydrogen-bond acceptors (Lipinski definition) is 4. The Labute approximate surface area is 191 Å². The van der Waals surface area contributed by atoms with Crippen molar-refractivity contribution in [3.05, 3.63) is 83.3 Å². The SMILES string of the molecule is Cc1cc(-c2cc(Oc3cccc(S(=O)(=O)C(C)C)c3)ccc2F)c2cccc(Cl)c2n1. The first-order valence-electron chi connectivity index (χ1n) is 10.0. The molecule has 0 saturated heterocycles. The number of benzene rings is 3. The van der Waals surface area contributed by atoms with Gasteiger partial charge in [-0.3, -0.25) is 4.98 Å². The Morgan fingerprint density at radius 2 is 1.66 bits per heavy atom. The molecule has 0 aliphatic heterocycles. The van der Waals surface area contributed by atoms with Gasteiger partial charge in [0.25, 0.3) is 0 Å². The van der Waals surface area contributed by atoms with Crippen LogP contribution in [0.5, 0.6) is 11.5 Å². The van der Waals surface area contributed by atoms with Gasteiger partial charge in [0.2, 0.25) is 0 Å². The third-order valence-electron chi connectivity index (χ3n) is 5.14. The Bertz CT molecular complexity index is 1430. The van der Waals surface area contributed by atoms with Crippen molar-refractivity contribution < 1.29 is 17.5 Å². The molecule has 0 amide bonds. The van der Waals surface area contributed by atoms with E-state index in [-0.39, 0.29) is 4.90 Å². The van der Waals surface area contributed by atoms with Crippen LogP contribution in [0.25, 0.3) is 22.0 Å². The fraction of sp³-hybridized carbons (Fsp3) is 0.160. The Kier molecular flexibility index (Phi) is 5.93. The summed E-state index contributed by atoms with van der Waals surface area (Å²) < 4.78 is 45.7. The van der Waals surface area contributed by atoms with Crippen LogP contribution in [0.2, 0.25) is 5.02 Å². The number of ether oxygens (including phenoxy) is 1. The molecule has 0 bridgehead atoms. The lowest BCUT2D eigenvalue weighted by atomic mass is 9.99. The van der Waals surface area contributed by atoms with Crippen molar-refractivity contribution in [3.8, 4) is 22.6 Å². The van der Waals surface area contributed by atoms with Crippen LogP contribution in [0, 0.1) is 12.7 Å². The summed E-state index contributed by atoms with van der Waals surface area (Å²) in [5.41, 5.74) is 2.29. The van der Waals surface area contributed by atoms with Gasteiger partial charge in [-0.05, 0) is 74.9 Å². The number of sulfone groups is 1. The molecule has 0 saturated carbocycles. The molecule has 0 radical (unpaired) electrons. The average molecular weight is 470 g/mol. The topological polar surface area (TPSA) is 56.3 Å². The highest BCUT2D eigenvalue weighted by molar-refractivity contribution is 7.92. The van der Waals surface area contributed by atoms with Crippen LogP contribution >= 0.6 is 11.6 Å². The van der Waals surface area contributed by atoms with Gasteiger partial charge in [0.1, 0.15) is 17.3 Å². The molecule has 0 atom stereocenters. The summed E-state index contributed by atoms with van der Waals surface area (Å²) in [5, 5.41) is 0.665.